The van der Waals surface area contributed by atoms with Gasteiger partial charge in [0.1, 0.15) is 6.54 Å². The van der Waals surface area contributed by atoms with Crippen LogP contribution in [0.2, 0.25) is 0 Å². The van der Waals surface area contributed by atoms with Crippen molar-refractivity contribution in [1.29, 1.82) is 0 Å². The lowest BCUT2D eigenvalue weighted by Gasteiger charge is -1.97. The second kappa shape index (κ2) is 3.29. The Kier molecular flexibility index (Phi) is 1.92. The molecule has 2 aromatic rings. The summed E-state index contributed by atoms with van der Waals surface area (Å²) in [6.45, 7) is 2.28. The van der Waals surface area contributed by atoms with E-state index in [1.807, 2.05) is 6.92 Å². The van der Waals surface area contributed by atoms with Gasteiger partial charge in [-0.05, 0) is 19.8 Å². The van der Waals surface area contributed by atoms with Crippen LogP contribution in [0.25, 0.3) is 0 Å². The van der Waals surface area contributed by atoms with Gasteiger partial charge >= 0.3 is 0 Å². The minimum absolute atomic E-state index is 0.426. The molecule has 0 radical (unpaired) electrons. The molecule has 0 atom stereocenters. The largest absolute Gasteiger partial charge is 0.381 e. The van der Waals surface area contributed by atoms with Crippen molar-refractivity contribution in [2.75, 3.05) is 5.73 Å². The van der Waals surface area contributed by atoms with Gasteiger partial charge < -0.3 is 10.3 Å². The van der Waals surface area contributed by atoms with Gasteiger partial charge in [-0.25, -0.2) is 4.68 Å². The zero-order valence-electron chi connectivity index (χ0n) is 8.92. The van der Waals surface area contributed by atoms with Crippen molar-refractivity contribution >= 4 is 5.82 Å². The Bertz CT molecular complexity index is 512. The zero-order valence-corrected chi connectivity index (χ0v) is 8.92. The molecular formula is C9H12N6O. The lowest BCUT2D eigenvalue weighted by Crippen LogP contribution is -2.04. The highest BCUT2D eigenvalue weighted by Crippen LogP contribution is 2.38. The number of anilines is 1. The molecule has 0 aliphatic heterocycles. The van der Waals surface area contributed by atoms with E-state index in [1.165, 1.54) is 0 Å². The first-order chi connectivity index (χ1) is 7.74. The van der Waals surface area contributed by atoms with Gasteiger partial charge in [-0.15, -0.1) is 5.10 Å². The number of nitrogens with two attached hydrogens (primary N) is 1. The number of hydrogen-bond donors (Lipinski definition) is 1. The monoisotopic (exact) mass is 220 g/mol. The van der Waals surface area contributed by atoms with E-state index in [0.29, 0.717) is 24.2 Å². The zero-order chi connectivity index (χ0) is 11.1. The van der Waals surface area contributed by atoms with Crippen LogP contribution < -0.4 is 5.73 Å². The number of hydrogen-bond acceptors (Lipinski definition) is 6. The highest BCUT2D eigenvalue weighted by molar-refractivity contribution is 5.31. The van der Waals surface area contributed by atoms with Crippen molar-refractivity contribution in [2.45, 2.75) is 32.2 Å². The molecule has 2 heterocycles. The molecule has 3 rings (SSSR count). The third-order valence-electron chi connectivity index (χ3n) is 2.73. The molecule has 0 bridgehead atoms. The Morgan fingerprint density at radius 1 is 1.50 bits per heavy atom. The second-order valence-corrected chi connectivity index (χ2v) is 4.04. The molecule has 16 heavy (non-hydrogen) atoms. The predicted octanol–water partition coefficient (Wildman–Crippen LogP) is 0.477. The maximum Gasteiger partial charge on any atom is 0.248 e. The molecule has 2 aromatic heterocycles. The Morgan fingerprint density at radius 3 is 2.94 bits per heavy atom. The van der Waals surface area contributed by atoms with Crippen LogP contribution in [0.3, 0.4) is 0 Å². The fourth-order valence-electron chi connectivity index (χ4n) is 1.49. The van der Waals surface area contributed by atoms with Crippen molar-refractivity contribution in [3.8, 4) is 0 Å². The summed E-state index contributed by atoms with van der Waals surface area (Å²) in [7, 11) is 0. The lowest BCUT2D eigenvalue weighted by atomic mass is 10.4. The van der Waals surface area contributed by atoms with E-state index < -0.39 is 0 Å². The first kappa shape index (κ1) is 9.32. The van der Waals surface area contributed by atoms with E-state index in [0.717, 1.165) is 24.4 Å². The van der Waals surface area contributed by atoms with Gasteiger partial charge in [-0.1, -0.05) is 10.4 Å². The molecule has 7 nitrogen and oxygen atoms in total. The summed E-state index contributed by atoms with van der Waals surface area (Å²) in [4.78, 5) is 4.31. The average Bonchev–Trinajstić information content (AvgIpc) is 2.96. The van der Waals surface area contributed by atoms with Crippen LogP contribution in [0.15, 0.2) is 4.52 Å². The molecule has 1 aliphatic rings. The minimum Gasteiger partial charge on any atom is -0.381 e. The smallest absolute Gasteiger partial charge is 0.248 e. The van der Waals surface area contributed by atoms with Gasteiger partial charge in [0.05, 0.1) is 5.69 Å². The Morgan fingerprint density at radius 2 is 2.31 bits per heavy atom. The van der Waals surface area contributed by atoms with Gasteiger partial charge in [-0.2, -0.15) is 4.98 Å². The van der Waals surface area contributed by atoms with Gasteiger partial charge in [0.2, 0.25) is 5.89 Å². The molecule has 0 unspecified atom stereocenters. The molecule has 84 valence electrons. The first-order valence-electron chi connectivity index (χ1n) is 5.22. The predicted molar refractivity (Wildman–Crippen MR) is 54.5 cm³/mol. The topological polar surface area (TPSA) is 95.7 Å². The van der Waals surface area contributed by atoms with Crippen LogP contribution >= 0.6 is 0 Å². The molecular weight excluding hydrogens is 208 g/mol. The fraction of sp³-hybridized carbons (Fsp3) is 0.556. The van der Waals surface area contributed by atoms with Gasteiger partial charge in [0.25, 0.3) is 0 Å². The summed E-state index contributed by atoms with van der Waals surface area (Å²) < 4.78 is 6.80. The highest BCUT2D eigenvalue weighted by atomic mass is 16.5. The van der Waals surface area contributed by atoms with E-state index in [9.17, 15) is 0 Å². The maximum atomic E-state index is 5.60. The molecule has 0 spiro atoms. The van der Waals surface area contributed by atoms with E-state index in [1.54, 1.807) is 4.68 Å². The van der Waals surface area contributed by atoms with E-state index in [4.69, 9.17) is 10.3 Å². The SMILES string of the molecule is Cc1c(N)nnn1Cc1nc(C2CC2)no1. The molecule has 1 fully saturated rings. The average molecular weight is 220 g/mol. The Labute approximate surface area is 91.6 Å². The van der Waals surface area contributed by atoms with Crippen molar-refractivity contribution in [1.82, 2.24) is 25.1 Å². The highest BCUT2D eigenvalue weighted by Gasteiger charge is 2.28. The molecule has 0 aromatic carbocycles. The minimum atomic E-state index is 0.426. The maximum absolute atomic E-state index is 5.60. The summed E-state index contributed by atoms with van der Waals surface area (Å²) in [5.74, 6) is 2.29. The molecule has 0 amide bonds. The van der Waals surface area contributed by atoms with E-state index in [-0.39, 0.29) is 0 Å². The fourth-order valence-corrected chi connectivity index (χ4v) is 1.49. The van der Waals surface area contributed by atoms with Crippen LogP contribution in [0.4, 0.5) is 5.82 Å². The first-order valence-corrected chi connectivity index (χ1v) is 5.22. The third kappa shape index (κ3) is 1.54. The quantitative estimate of drug-likeness (QED) is 0.808. The Hall–Kier alpha value is -1.92. The number of rotatable bonds is 3. The van der Waals surface area contributed by atoms with E-state index >= 15 is 0 Å². The summed E-state index contributed by atoms with van der Waals surface area (Å²) >= 11 is 0. The van der Waals surface area contributed by atoms with Crippen molar-refractivity contribution in [3.63, 3.8) is 0 Å². The molecule has 1 aliphatic carbocycles. The second-order valence-electron chi connectivity index (χ2n) is 4.04. The summed E-state index contributed by atoms with van der Waals surface area (Å²) in [5, 5.41) is 11.6. The molecule has 2 N–H and O–H groups in total. The number of nitrogens with zero attached hydrogens (tertiary/aromatic N) is 5. The van der Waals surface area contributed by atoms with Crippen molar-refractivity contribution in [3.05, 3.63) is 17.4 Å². The van der Waals surface area contributed by atoms with Crippen LogP contribution in [0.5, 0.6) is 0 Å². The van der Waals surface area contributed by atoms with Gasteiger partial charge in [-0.3, -0.25) is 0 Å². The lowest BCUT2D eigenvalue weighted by molar-refractivity contribution is 0.359. The normalized spacial score (nSPS) is 15.6. The molecule has 1 saturated carbocycles. The van der Waals surface area contributed by atoms with Crippen LogP contribution in [-0.2, 0) is 6.54 Å². The number of aromatic nitrogens is 5. The third-order valence-corrected chi connectivity index (χ3v) is 2.73. The molecule has 0 saturated heterocycles. The van der Waals surface area contributed by atoms with E-state index in [2.05, 4.69) is 20.5 Å². The summed E-state index contributed by atoms with van der Waals surface area (Å²) in [6.07, 6.45) is 2.32. The van der Waals surface area contributed by atoms with Crippen LogP contribution in [-0.4, -0.2) is 25.1 Å². The number of nitrogen functional groups attached to an aromatic ring is 1. The van der Waals surface area contributed by atoms with Crippen molar-refractivity contribution in [2.24, 2.45) is 0 Å². The van der Waals surface area contributed by atoms with Crippen molar-refractivity contribution < 1.29 is 4.52 Å². The molecule has 7 heteroatoms. The summed E-state index contributed by atoms with van der Waals surface area (Å²) in [6, 6.07) is 0. The van der Waals surface area contributed by atoms with Crippen LogP contribution in [0.1, 0.15) is 36.2 Å². The Balaban J connectivity index is 1.80. The summed E-state index contributed by atoms with van der Waals surface area (Å²) in [5.41, 5.74) is 6.41. The van der Waals surface area contributed by atoms with Crippen LogP contribution in [0, 0.1) is 6.92 Å². The van der Waals surface area contributed by atoms with Gasteiger partial charge in [0.15, 0.2) is 11.6 Å². The standard InChI is InChI=1S/C9H12N6O/c1-5-8(10)12-14-15(5)4-7-11-9(13-16-7)6-2-3-6/h6H,2-4,10H2,1H3. The van der Waals surface area contributed by atoms with Gasteiger partial charge in [0, 0.05) is 5.92 Å².